The highest BCUT2D eigenvalue weighted by Crippen LogP contribution is 2.31. The highest BCUT2D eigenvalue weighted by atomic mass is 79.9. The maximum absolute atomic E-state index is 6.12. The zero-order valence-corrected chi connectivity index (χ0v) is 13.1. The molecule has 0 aliphatic rings. The summed E-state index contributed by atoms with van der Waals surface area (Å²) in [6.45, 7) is 2.52. The third-order valence-electron chi connectivity index (χ3n) is 2.71. The number of rotatable bonds is 4. The first-order valence-electron chi connectivity index (χ1n) is 5.57. The monoisotopic (exact) mass is 344 g/mol. The molecular formula is C13H14BrClN2S. The molecule has 0 radical (unpaired) electrons. The summed E-state index contributed by atoms with van der Waals surface area (Å²) < 4.78 is 1.09. The van der Waals surface area contributed by atoms with Crippen LogP contribution in [-0.4, -0.2) is 6.54 Å². The number of aryl methyl sites for hydroxylation is 1. The van der Waals surface area contributed by atoms with Gasteiger partial charge in [-0.2, -0.15) is 0 Å². The Balaban J connectivity index is 2.20. The van der Waals surface area contributed by atoms with Gasteiger partial charge in [0, 0.05) is 26.6 Å². The second-order valence-electron chi connectivity index (χ2n) is 4.03. The standard InChI is InChI=1S/C13H14BrClN2S/c1-8-2-3-9(6-11(8)15)17-12(7-16)13-10(14)4-5-18-13/h2-6,12,17H,7,16H2,1H3. The Morgan fingerprint density at radius 3 is 2.78 bits per heavy atom. The normalized spacial score (nSPS) is 12.4. The minimum Gasteiger partial charge on any atom is -0.376 e. The zero-order chi connectivity index (χ0) is 13.1. The fourth-order valence-corrected chi connectivity index (χ4v) is 3.56. The van der Waals surface area contributed by atoms with E-state index in [1.54, 1.807) is 11.3 Å². The first-order chi connectivity index (χ1) is 8.61. The van der Waals surface area contributed by atoms with E-state index in [2.05, 4.69) is 21.2 Å². The van der Waals surface area contributed by atoms with Crippen molar-refractivity contribution in [2.24, 2.45) is 5.73 Å². The molecule has 0 amide bonds. The van der Waals surface area contributed by atoms with Gasteiger partial charge in [-0.15, -0.1) is 11.3 Å². The number of nitrogens with two attached hydrogens (primary N) is 1. The summed E-state index contributed by atoms with van der Waals surface area (Å²) in [5.41, 5.74) is 7.90. The van der Waals surface area contributed by atoms with Crippen LogP contribution in [0.2, 0.25) is 5.02 Å². The lowest BCUT2D eigenvalue weighted by Crippen LogP contribution is -2.19. The molecule has 0 fully saturated rings. The van der Waals surface area contributed by atoms with E-state index in [0.29, 0.717) is 6.54 Å². The van der Waals surface area contributed by atoms with Crippen LogP contribution in [0.3, 0.4) is 0 Å². The molecule has 2 rings (SSSR count). The van der Waals surface area contributed by atoms with Crippen LogP contribution in [0.1, 0.15) is 16.5 Å². The van der Waals surface area contributed by atoms with Gasteiger partial charge in [-0.25, -0.2) is 0 Å². The van der Waals surface area contributed by atoms with E-state index in [0.717, 1.165) is 20.7 Å². The average Bonchev–Trinajstić information content (AvgIpc) is 2.77. The van der Waals surface area contributed by atoms with Crippen molar-refractivity contribution in [3.8, 4) is 0 Å². The molecule has 1 atom stereocenters. The molecular weight excluding hydrogens is 332 g/mol. The highest BCUT2D eigenvalue weighted by Gasteiger charge is 2.14. The van der Waals surface area contributed by atoms with E-state index >= 15 is 0 Å². The number of anilines is 1. The predicted molar refractivity (Wildman–Crippen MR) is 83.6 cm³/mol. The summed E-state index contributed by atoms with van der Waals surface area (Å²) in [4.78, 5) is 1.20. The number of benzene rings is 1. The van der Waals surface area contributed by atoms with Crippen molar-refractivity contribution in [1.29, 1.82) is 0 Å². The fourth-order valence-electron chi connectivity index (χ4n) is 1.67. The first-order valence-corrected chi connectivity index (χ1v) is 7.62. The Kier molecular flexibility index (Phi) is 4.67. The van der Waals surface area contributed by atoms with Crippen LogP contribution in [0.4, 0.5) is 5.69 Å². The van der Waals surface area contributed by atoms with Gasteiger partial charge in [0.15, 0.2) is 0 Å². The molecule has 1 heterocycles. The van der Waals surface area contributed by atoms with Gasteiger partial charge in [-0.1, -0.05) is 17.7 Å². The second-order valence-corrected chi connectivity index (χ2v) is 6.24. The molecule has 0 saturated heterocycles. The molecule has 1 aromatic heterocycles. The fraction of sp³-hybridized carbons (Fsp3) is 0.231. The molecule has 0 bridgehead atoms. The van der Waals surface area contributed by atoms with E-state index in [1.807, 2.05) is 36.6 Å². The summed E-state index contributed by atoms with van der Waals surface area (Å²) in [5, 5.41) is 6.22. The molecule has 5 heteroatoms. The lowest BCUT2D eigenvalue weighted by molar-refractivity contribution is 0.802. The van der Waals surface area contributed by atoms with Crippen molar-refractivity contribution >= 4 is 44.6 Å². The Bertz CT molecular complexity index is 542. The minimum absolute atomic E-state index is 0.0955. The second kappa shape index (κ2) is 6.06. The number of hydrogen-bond donors (Lipinski definition) is 2. The van der Waals surface area contributed by atoms with Crippen molar-refractivity contribution < 1.29 is 0 Å². The molecule has 18 heavy (non-hydrogen) atoms. The number of nitrogens with one attached hydrogen (secondary N) is 1. The van der Waals surface area contributed by atoms with E-state index in [9.17, 15) is 0 Å². The predicted octanol–water partition coefficient (Wildman–Crippen LogP) is 4.58. The van der Waals surface area contributed by atoms with E-state index in [4.69, 9.17) is 17.3 Å². The molecule has 1 unspecified atom stereocenters. The van der Waals surface area contributed by atoms with Gasteiger partial charge < -0.3 is 11.1 Å². The molecule has 1 aromatic carbocycles. The van der Waals surface area contributed by atoms with Crippen LogP contribution >= 0.6 is 38.9 Å². The van der Waals surface area contributed by atoms with Crippen molar-refractivity contribution in [2.45, 2.75) is 13.0 Å². The lowest BCUT2D eigenvalue weighted by atomic mass is 10.2. The van der Waals surface area contributed by atoms with Crippen LogP contribution in [-0.2, 0) is 0 Å². The summed E-state index contributed by atoms with van der Waals surface area (Å²) in [6, 6.07) is 8.08. The SMILES string of the molecule is Cc1ccc(NC(CN)c2sccc2Br)cc1Cl. The first kappa shape index (κ1) is 13.9. The highest BCUT2D eigenvalue weighted by molar-refractivity contribution is 9.10. The molecule has 96 valence electrons. The Morgan fingerprint density at radius 2 is 2.22 bits per heavy atom. The Hall–Kier alpha value is -0.550. The van der Waals surface area contributed by atoms with E-state index in [-0.39, 0.29) is 6.04 Å². The van der Waals surface area contributed by atoms with Gasteiger partial charge >= 0.3 is 0 Å². The van der Waals surface area contributed by atoms with E-state index < -0.39 is 0 Å². The molecule has 0 aliphatic heterocycles. The third kappa shape index (κ3) is 3.06. The minimum atomic E-state index is 0.0955. The molecule has 3 N–H and O–H groups in total. The molecule has 2 aromatic rings. The number of thiophene rings is 1. The van der Waals surface area contributed by atoms with Crippen molar-refractivity contribution in [3.63, 3.8) is 0 Å². The van der Waals surface area contributed by atoms with Crippen LogP contribution < -0.4 is 11.1 Å². The maximum Gasteiger partial charge on any atom is 0.0739 e. The lowest BCUT2D eigenvalue weighted by Gasteiger charge is -2.18. The third-order valence-corrected chi connectivity index (χ3v) is 5.10. The van der Waals surface area contributed by atoms with Gasteiger partial charge in [-0.05, 0) is 52.0 Å². The summed E-state index contributed by atoms with van der Waals surface area (Å²) >= 11 is 11.3. The average molecular weight is 346 g/mol. The van der Waals surface area contributed by atoms with Gasteiger partial charge in [0.25, 0.3) is 0 Å². The topological polar surface area (TPSA) is 38.0 Å². The molecule has 0 saturated carbocycles. The van der Waals surface area contributed by atoms with Gasteiger partial charge in [0.1, 0.15) is 0 Å². The summed E-state index contributed by atoms with van der Waals surface area (Å²) in [5.74, 6) is 0. The largest absolute Gasteiger partial charge is 0.376 e. The van der Waals surface area contributed by atoms with Crippen molar-refractivity contribution in [1.82, 2.24) is 0 Å². The summed E-state index contributed by atoms with van der Waals surface area (Å²) in [7, 11) is 0. The van der Waals surface area contributed by atoms with Gasteiger partial charge in [0.2, 0.25) is 0 Å². The Labute approximate surface area is 124 Å². The Morgan fingerprint density at radius 1 is 1.44 bits per heavy atom. The van der Waals surface area contributed by atoms with Crippen LogP contribution in [0.5, 0.6) is 0 Å². The maximum atomic E-state index is 6.12. The van der Waals surface area contributed by atoms with Crippen LogP contribution in [0.25, 0.3) is 0 Å². The van der Waals surface area contributed by atoms with Gasteiger partial charge in [-0.3, -0.25) is 0 Å². The van der Waals surface area contributed by atoms with Crippen molar-refractivity contribution in [3.05, 3.63) is 49.6 Å². The molecule has 0 aliphatic carbocycles. The molecule has 0 spiro atoms. The van der Waals surface area contributed by atoms with Crippen LogP contribution in [0, 0.1) is 6.92 Å². The van der Waals surface area contributed by atoms with Crippen molar-refractivity contribution in [2.75, 3.05) is 11.9 Å². The zero-order valence-electron chi connectivity index (χ0n) is 9.91. The van der Waals surface area contributed by atoms with E-state index in [1.165, 1.54) is 4.88 Å². The smallest absolute Gasteiger partial charge is 0.0739 e. The van der Waals surface area contributed by atoms with Crippen LogP contribution in [0.15, 0.2) is 34.1 Å². The quantitative estimate of drug-likeness (QED) is 0.851. The van der Waals surface area contributed by atoms with Gasteiger partial charge in [0.05, 0.1) is 6.04 Å². The number of hydrogen-bond acceptors (Lipinski definition) is 3. The number of halogens is 2. The summed E-state index contributed by atoms with van der Waals surface area (Å²) in [6.07, 6.45) is 0. The molecule has 2 nitrogen and oxygen atoms in total.